The Hall–Kier alpha value is -3.20. The van der Waals surface area contributed by atoms with Crippen LogP contribution in [0.1, 0.15) is 5.69 Å². The van der Waals surface area contributed by atoms with Crippen molar-refractivity contribution < 1.29 is 13.9 Å². The van der Waals surface area contributed by atoms with Crippen LogP contribution in [0.4, 0.5) is 10.2 Å². The molecular formula is C20H20FN5O2S. The zero-order valence-corrected chi connectivity index (χ0v) is 17.1. The predicted molar refractivity (Wildman–Crippen MR) is 111 cm³/mol. The fraction of sp³-hybridized carbons (Fsp3) is 0.250. The number of ether oxygens (including phenoxy) is 2. The Morgan fingerprint density at radius 3 is 2.79 bits per heavy atom. The van der Waals surface area contributed by atoms with Crippen LogP contribution >= 0.6 is 11.3 Å². The van der Waals surface area contributed by atoms with E-state index >= 15 is 0 Å². The van der Waals surface area contributed by atoms with E-state index in [0.717, 1.165) is 16.1 Å². The minimum absolute atomic E-state index is 0.268. The number of hydrogen-bond donors (Lipinski definition) is 1. The van der Waals surface area contributed by atoms with Crippen molar-refractivity contribution in [1.29, 1.82) is 0 Å². The lowest BCUT2D eigenvalue weighted by Gasteiger charge is -2.11. The fourth-order valence-electron chi connectivity index (χ4n) is 3.24. The molecule has 0 aliphatic rings. The van der Waals surface area contributed by atoms with Gasteiger partial charge in [0.1, 0.15) is 34.4 Å². The molecule has 150 valence electrons. The molecule has 7 nitrogen and oxygen atoms in total. The van der Waals surface area contributed by atoms with Crippen LogP contribution in [0.15, 0.2) is 36.0 Å². The third kappa shape index (κ3) is 3.73. The Morgan fingerprint density at radius 2 is 2.03 bits per heavy atom. The summed E-state index contributed by atoms with van der Waals surface area (Å²) in [5.74, 6) is 1.63. The van der Waals surface area contributed by atoms with E-state index in [1.807, 2.05) is 29.0 Å². The summed E-state index contributed by atoms with van der Waals surface area (Å²) in [4.78, 5) is 12.9. The molecule has 4 rings (SSSR count). The molecule has 0 aliphatic carbocycles. The molecule has 0 amide bonds. The lowest BCUT2D eigenvalue weighted by atomic mass is 10.2. The van der Waals surface area contributed by atoms with E-state index in [-0.39, 0.29) is 5.82 Å². The number of aromatic nitrogens is 4. The highest BCUT2D eigenvalue weighted by atomic mass is 32.1. The summed E-state index contributed by atoms with van der Waals surface area (Å²) in [6.45, 7) is 3.10. The van der Waals surface area contributed by atoms with Gasteiger partial charge in [-0.3, -0.25) is 0 Å². The number of halogens is 1. The number of rotatable bonds is 7. The van der Waals surface area contributed by atoms with E-state index in [0.29, 0.717) is 41.7 Å². The molecule has 1 N–H and O–H groups in total. The van der Waals surface area contributed by atoms with Gasteiger partial charge in [0, 0.05) is 30.2 Å². The van der Waals surface area contributed by atoms with Crippen molar-refractivity contribution in [2.24, 2.45) is 0 Å². The van der Waals surface area contributed by atoms with E-state index in [9.17, 15) is 4.39 Å². The van der Waals surface area contributed by atoms with Crippen molar-refractivity contribution in [2.75, 3.05) is 26.1 Å². The smallest absolute Gasteiger partial charge is 0.224 e. The highest BCUT2D eigenvalue weighted by Crippen LogP contribution is 2.31. The Morgan fingerprint density at radius 1 is 1.17 bits per heavy atom. The summed E-state index contributed by atoms with van der Waals surface area (Å²) < 4.78 is 26.9. The first-order valence-corrected chi connectivity index (χ1v) is 9.87. The van der Waals surface area contributed by atoms with E-state index in [1.165, 1.54) is 23.7 Å². The molecule has 0 fully saturated rings. The first kappa shape index (κ1) is 19.1. The van der Waals surface area contributed by atoms with Gasteiger partial charge in [-0.15, -0.1) is 11.3 Å². The van der Waals surface area contributed by atoms with Crippen molar-refractivity contribution in [3.63, 3.8) is 0 Å². The highest BCUT2D eigenvalue weighted by molar-refractivity contribution is 7.13. The number of fused-ring (bicyclic) bond motifs is 1. The number of thiazole rings is 1. The predicted octanol–water partition coefficient (Wildman–Crippen LogP) is 4.13. The van der Waals surface area contributed by atoms with Crippen LogP contribution in [0.5, 0.6) is 11.6 Å². The van der Waals surface area contributed by atoms with Gasteiger partial charge in [0.25, 0.3) is 0 Å². The third-order valence-electron chi connectivity index (χ3n) is 4.62. The summed E-state index contributed by atoms with van der Waals surface area (Å²) in [7, 11) is 3.17. The average molecular weight is 413 g/mol. The number of benzene rings is 1. The summed E-state index contributed by atoms with van der Waals surface area (Å²) in [6, 6.07) is 6.86. The monoisotopic (exact) mass is 413 g/mol. The van der Waals surface area contributed by atoms with E-state index in [1.54, 1.807) is 20.3 Å². The maximum atomic E-state index is 14.5. The summed E-state index contributed by atoms with van der Waals surface area (Å²) >= 11 is 1.45. The molecule has 0 saturated carbocycles. The van der Waals surface area contributed by atoms with Crippen LogP contribution in [-0.4, -0.2) is 40.3 Å². The number of hydrogen-bond acceptors (Lipinski definition) is 7. The average Bonchev–Trinajstić information content (AvgIpc) is 3.34. The van der Waals surface area contributed by atoms with Crippen LogP contribution in [-0.2, 0) is 6.54 Å². The lowest BCUT2D eigenvalue weighted by Crippen LogP contribution is -2.13. The van der Waals surface area contributed by atoms with Gasteiger partial charge in [0.05, 0.1) is 25.1 Å². The van der Waals surface area contributed by atoms with Gasteiger partial charge < -0.3 is 19.4 Å². The maximum Gasteiger partial charge on any atom is 0.224 e. The van der Waals surface area contributed by atoms with E-state index in [4.69, 9.17) is 9.47 Å². The molecule has 0 spiro atoms. The van der Waals surface area contributed by atoms with Crippen LogP contribution in [0, 0.1) is 12.7 Å². The number of nitrogens with one attached hydrogen (secondary N) is 1. The molecule has 0 bridgehead atoms. The van der Waals surface area contributed by atoms with Gasteiger partial charge in [-0.25, -0.2) is 19.3 Å². The van der Waals surface area contributed by atoms with Gasteiger partial charge in [-0.1, -0.05) is 0 Å². The quantitative estimate of drug-likeness (QED) is 0.491. The molecule has 3 aromatic heterocycles. The van der Waals surface area contributed by atoms with Crippen molar-refractivity contribution in [3.8, 4) is 22.3 Å². The Bertz CT molecular complexity index is 1160. The fourth-order valence-corrected chi connectivity index (χ4v) is 3.98. The second-order valence-electron chi connectivity index (χ2n) is 6.36. The van der Waals surface area contributed by atoms with Crippen molar-refractivity contribution >= 4 is 28.1 Å². The maximum absolute atomic E-state index is 14.5. The number of methoxy groups -OCH3 is 2. The summed E-state index contributed by atoms with van der Waals surface area (Å²) in [5, 5.41) is 6.63. The molecule has 9 heteroatoms. The highest BCUT2D eigenvalue weighted by Gasteiger charge is 2.14. The summed E-state index contributed by atoms with van der Waals surface area (Å²) in [5.41, 5.74) is 2.22. The van der Waals surface area contributed by atoms with Gasteiger partial charge >= 0.3 is 0 Å². The minimum Gasteiger partial charge on any atom is -0.496 e. The van der Waals surface area contributed by atoms with E-state index < -0.39 is 0 Å². The largest absolute Gasteiger partial charge is 0.496 e. The van der Waals surface area contributed by atoms with Gasteiger partial charge in [0.15, 0.2) is 0 Å². The van der Waals surface area contributed by atoms with Gasteiger partial charge in [0.2, 0.25) is 5.88 Å². The SMILES string of the molecule is COc1csc(-c2cc(NCCn3c(C)cc4c(OC)ccc(F)c43)ncn2)n1. The topological polar surface area (TPSA) is 74.1 Å². The van der Waals surface area contributed by atoms with Crippen LogP contribution < -0.4 is 14.8 Å². The zero-order valence-electron chi connectivity index (χ0n) is 16.3. The molecule has 0 radical (unpaired) electrons. The molecule has 0 aliphatic heterocycles. The molecule has 29 heavy (non-hydrogen) atoms. The lowest BCUT2D eigenvalue weighted by molar-refractivity contribution is 0.401. The van der Waals surface area contributed by atoms with E-state index in [2.05, 4.69) is 20.3 Å². The van der Waals surface area contributed by atoms with Crippen LogP contribution in [0.2, 0.25) is 0 Å². The second-order valence-corrected chi connectivity index (χ2v) is 7.22. The van der Waals surface area contributed by atoms with Gasteiger partial charge in [-0.2, -0.15) is 0 Å². The Balaban J connectivity index is 1.51. The van der Waals surface area contributed by atoms with Crippen LogP contribution in [0.25, 0.3) is 21.6 Å². The molecule has 0 saturated heterocycles. The third-order valence-corrected chi connectivity index (χ3v) is 5.46. The first-order valence-electron chi connectivity index (χ1n) is 8.99. The van der Waals surface area contributed by atoms with Crippen molar-refractivity contribution in [3.05, 3.63) is 47.5 Å². The molecule has 0 atom stereocenters. The first-order chi connectivity index (χ1) is 14.1. The molecule has 3 heterocycles. The number of aryl methyl sites for hydroxylation is 1. The van der Waals surface area contributed by atoms with Gasteiger partial charge in [-0.05, 0) is 25.1 Å². The molecule has 4 aromatic rings. The Kier molecular flexibility index (Phi) is 5.30. The molecule has 1 aromatic carbocycles. The summed E-state index contributed by atoms with van der Waals surface area (Å²) in [6.07, 6.45) is 1.49. The number of anilines is 1. The van der Waals surface area contributed by atoms with Crippen molar-refractivity contribution in [2.45, 2.75) is 13.5 Å². The number of nitrogens with zero attached hydrogens (tertiary/aromatic N) is 4. The second kappa shape index (κ2) is 8.04. The molecule has 0 unspecified atom stereocenters. The van der Waals surface area contributed by atoms with Crippen molar-refractivity contribution in [1.82, 2.24) is 19.5 Å². The molecular weight excluding hydrogens is 393 g/mol. The normalized spacial score (nSPS) is 11.0. The zero-order chi connectivity index (χ0) is 20.4. The minimum atomic E-state index is -0.268. The van der Waals surface area contributed by atoms with Crippen LogP contribution in [0.3, 0.4) is 0 Å². The standard InChI is InChI=1S/C20H20FN5O2S/c1-12-8-13-16(27-2)5-4-14(21)19(13)26(12)7-6-22-17-9-15(23-11-24-17)20-25-18(28-3)10-29-20/h4-5,8-11H,6-7H2,1-3H3,(H,22,23,24). The Labute approximate surface area is 171 Å².